The number of anilines is 2. The van der Waals surface area contributed by atoms with Crippen molar-refractivity contribution in [2.75, 3.05) is 10.6 Å². The fraction of sp³-hybridized carbons (Fsp3) is 0.0909. The molecule has 0 bridgehead atoms. The molecule has 4 rings (SSSR count). The summed E-state index contributed by atoms with van der Waals surface area (Å²) in [4.78, 5) is 0. The first-order valence-corrected chi connectivity index (χ1v) is 10.5. The average Bonchev–Trinajstić information content (AvgIpc) is 2.73. The molecular formula is C22H18Br2N4. The smallest absolute Gasteiger partial charge is 0.157 e. The highest BCUT2D eigenvalue weighted by Gasteiger charge is 2.09. The van der Waals surface area contributed by atoms with Crippen molar-refractivity contribution in [3.8, 4) is 0 Å². The summed E-state index contributed by atoms with van der Waals surface area (Å²) < 4.78 is 2.14. The highest BCUT2D eigenvalue weighted by Crippen LogP contribution is 2.27. The minimum Gasteiger partial charge on any atom is -0.364 e. The molecule has 0 fully saturated rings. The molecule has 0 aliphatic carbocycles. The maximum absolute atomic E-state index is 4.43. The summed E-state index contributed by atoms with van der Waals surface area (Å²) in [6.07, 6.45) is 0. The largest absolute Gasteiger partial charge is 0.364 e. The van der Waals surface area contributed by atoms with Gasteiger partial charge < -0.3 is 10.6 Å². The van der Waals surface area contributed by atoms with Crippen molar-refractivity contribution in [2.24, 2.45) is 0 Å². The molecule has 0 saturated carbocycles. The Morgan fingerprint density at radius 1 is 0.571 bits per heavy atom. The van der Waals surface area contributed by atoms with Crippen molar-refractivity contribution in [1.82, 2.24) is 10.2 Å². The van der Waals surface area contributed by atoms with Gasteiger partial charge in [-0.2, -0.15) is 0 Å². The zero-order valence-electron chi connectivity index (χ0n) is 15.0. The molecule has 0 aliphatic heterocycles. The van der Waals surface area contributed by atoms with Crippen LogP contribution < -0.4 is 10.6 Å². The topological polar surface area (TPSA) is 49.8 Å². The van der Waals surface area contributed by atoms with Gasteiger partial charge in [0.15, 0.2) is 11.6 Å². The number of rotatable bonds is 6. The molecule has 1 aromatic heterocycles. The molecule has 0 radical (unpaired) electrons. The zero-order chi connectivity index (χ0) is 19.3. The second kappa shape index (κ2) is 8.71. The molecule has 0 spiro atoms. The number of hydrogen-bond donors (Lipinski definition) is 2. The van der Waals surface area contributed by atoms with Crippen molar-refractivity contribution < 1.29 is 0 Å². The molecule has 2 N–H and O–H groups in total. The van der Waals surface area contributed by atoms with E-state index in [2.05, 4.69) is 89.1 Å². The average molecular weight is 498 g/mol. The fourth-order valence-corrected chi connectivity index (χ4v) is 3.47. The lowest BCUT2D eigenvalue weighted by Crippen LogP contribution is -2.07. The van der Waals surface area contributed by atoms with E-state index in [9.17, 15) is 0 Å². The number of benzene rings is 3. The predicted octanol–water partition coefficient (Wildman–Crippen LogP) is 6.38. The summed E-state index contributed by atoms with van der Waals surface area (Å²) >= 11 is 6.93. The van der Waals surface area contributed by atoms with E-state index in [1.807, 2.05) is 36.4 Å². The van der Waals surface area contributed by atoms with Gasteiger partial charge >= 0.3 is 0 Å². The molecule has 4 nitrogen and oxygen atoms in total. The van der Waals surface area contributed by atoms with Gasteiger partial charge in [-0.1, -0.05) is 80.4 Å². The van der Waals surface area contributed by atoms with Gasteiger partial charge in [-0.3, -0.25) is 0 Å². The first kappa shape index (κ1) is 18.9. The van der Waals surface area contributed by atoms with Crippen molar-refractivity contribution in [1.29, 1.82) is 0 Å². The highest BCUT2D eigenvalue weighted by molar-refractivity contribution is 9.10. The van der Waals surface area contributed by atoms with Crippen LogP contribution >= 0.6 is 31.9 Å². The normalized spacial score (nSPS) is 10.8. The lowest BCUT2D eigenvalue weighted by atomic mass is 10.1. The van der Waals surface area contributed by atoms with Crippen LogP contribution in [0.15, 0.2) is 81.7 Å². The quantitative estimate of drug-likeness (QED) is 0.324. The third-order valence-electron chi connectivity index (χ3n) is 4.43. The number of nitrogens with zero attached hydrogens (tertiary/aromatic N) is 2. The molecule has 0 atom stereocenters. The summed E-state index contributed by atoms with van der Waals surface area (Å²) in [5.74, 6) is 1.57. The van der Waals surface area contributed by atoms with Crippen molar-refractivity contribution in [3.63, 3.8) is 0 Å². The molecular weight excluding hydrogens is 480 g/mol. The zero-order valence-corrected chi connectivity index (χ0v) is 18.2. The van der Waals surface area contributed by atoms with E-state index in [0.29, 0.717) is 13.1 Å². The molecule has 28 heavy (non-hydrogen) atoms. The van der Waals surface area contributed by atoms with Gasteiger partial charge in [-0.25, -0.2) is 0 Å². The summed E-state index contributed by atoms with van der Waals surface area (Å²) in [5.41, 5.74) is 2.37. The SMILES string of the molecule is Brc1ccc(CNc2nnc(NCc3ccc(Br)cc3)c3ccccc23)cc1. The molecule has 0 saturated heterocycles. The van der Waals surface area contributed by atoms with Crippen molar-refractivity contribution in [3.05, 3.63) is 92.9 Å². The van der Waals surface area contributed by atoms with Gasteiger partial charge in [0.2, 0.25) is 0 Å². The highest BCUT2D eigenvalue weighted by atomic mass is 79.9. The predicted molar refractivity (Wildman–Crippen MR) is 122 cm³/mol. The number of halogens is 2. The molecule has 0 unspecified atom stereocenters. The van der Waals surface area contributed by atoms with Gasteiger partial charge in [0.25, 0.3) is 0 Å². The monoisotopic (exact) mass is 496 g/mol. The Labute approximate surface area is 180 Å². The van der Waals surface area contributed by atoms with Gasteiger partial charge in [0.1, 0.15) is 0 Å². The van der Waals surface area contributed by atoms with Gasteiger partial charge in [0, 0.05) is 32.8 Å². The summed E-state index contributed by atoms with van der Waals surface area (Å²) in [7, 11) is 0. The lowest BCUT2D eigenvalue weighted by Gasteiger charge is -2.12. The molecule has 140 valence electrons. The number of aromatic nitrogens is 2. The molecule has 1 heterocycles. The van der Waals surface area contributed by atoms with E-state index < -0.39 is 0 Å². The molecule has 6 heteroatoms. The summed E-state index contributed by atoms with van der Waals surface area (Å²) in [5, 5.41) is 17.8. The van der Waals surface area contributed by atoms with Crippen molar-refractivity contribution >= 4 is 54.3 Å². The van der Waals surface area contributed by atoms with Crippen molar-refractivity contribution in [2.45, 2.75) is 13.1 Å². The molecule has 0 aliphatic rings. The van der Waals surface area contributed by atoms with Gasteiger partial charge in [-0.15, -0.1) is 10.2 Å². The second-order valence-electron chi connectivity index (χ2n) is 6.40. The van der Waals surface area contributed by atoms with E-state index in [1.165, 1.54) is 11.1 Å². The third-order valence-corrected chi connectivity index (χ3v) is 5.49. The Morgan fingerprint density at radius 2 is 0.964 bits per heavy atom. The molecule has 3 aromatic carbocycles. The summed E-state index contributed by atoms with van der Waals surface area (Å²) in [6.45, 7) is 1.38. The maximum Gasteiger partial charge on any atom is 0.157 e. The van der Waals surface area contributed by atoms with Crippen LogP contribution in [-0.2, 0) is 13.1 Å². The Hall–Kier alpha value is -2.44. The number of nitrogens with one attached hydrogen (secondary N) is 2. The van der Waals surface area contributed by atoms with Gasteiger partial charge in [-0.05, 0) is 35.4 Å². The first-order chi connectivity index (χ1) is 13.7. The first-order valence-electron chi connectivity index (χ1n) is 8.91. The van der Waals surface area contributed by atoms with Crippen LogP contribution in [0.4, 0.5) is 11.6 Å². The lowest BCUT2D eigenvalue weighted by molar-refractivity contribution is 0.997. The maximum atomic E-state index is 4.43. The third kappa shape index (κ3) is 4.51. The van der Waals surface area contributed by atoms with E-state index >= 15 is 0 Å². The van der Waals surface area contributed by atoms with Crippen LogP contribution in [0.3, 0.4) is 0 Å². The summed E-state index contributed by atoms with van der Waals surface area (Å²) in [6, 6.07) is 24.7. The minimum atomic E-state index is 0.692. The minimum absolute atomic E-state index is 0.692. The Morgan fingerprint density at radius 3 is 1.36 bits per heavy atom. The van der Waals surface area contributed by atoms with E-state index in [-0.39, 0.29) is 0 Å². The Bertz CT molecular complexity index is 992. The molecule has 0 amide bonds. The van der Waals surface area contributed by atoms with Crippen LogP contribution in [0.2, 0.25) is 0 Å². The van der Waals surface area contributed by atoms with Crippen LogP contribution in [0.5, 0.6) is 0 Å². The van der Waals surface area contributed by atoms with Crippen LogP contribution in [0.1, 0.15) is 11.1 Å². The number of fused-ring (bicyclic) bond motifs is 1. The van der Waals surface area contributed by atoms with E-state index in [4.69, 9.17) is 0 Å². The van der Waals surface area contributed by atoms with Crippen LogP contribution in [0, 0.1) is 0 Å². The Balaban J connectivity index is 1.54. The molecule has 4 aromatic rings. The fourth-order valence-electron chi connectivity index (χ4n) is 2.94. The second-order valence-corrected chi connectivity index (χ2v) is 8.23. The van der Waals surface area contributed by atoms with Crippen LogP contribution in [0.25, 0.3) is 10.8 Å². The van der Waals surface area contributed by atoms with E-state index in [1.54, 1.807) is 0 Å². The Kier molecular flexibility index (Phi) is 5.88. The van der Waals surface area contributed by atoms with Gasteiger partial charge in [0.05, 0.1) is 0 Å². The van der Waals surface area contributed by atoms with E-state index in [0.717, 1.165) is 31.4 Å². The van der Waals surface area contributed by atoms with Crippen LogP contribution in [-0.4, -0.2) is 10.2 Å². The standard InChI is InChI=1S/C22H18Br2N4/c23-17-9-5-15(6-10-17)13-25-21-19-3-1-2-4-20(19)22(28-27-21)26-14-16-7-11-18(24)12-8-16/h1-12H,13-14H2,(H,25,27)(H,26,28). The number of hydrogen-bond acceptors (Lipinski definition) is 4.